The summed E-state index contributed by atoms with van der Waals surface area (Å²) in [5.41, 5.74) is 1.01. The number of carboxylic acid groups (broad SMARTS) is 1. The Morgan fingerprint density at radius 2 is 2.05 bits per heavy atom. The number of likely N-dealkylation sites (tertiary alicyclic amines) is 1. The Hall–Kier alpha value is -2.37. The third-order valence-electron chi connectivity index (χ3n) is 3.53. The van der Waals surface area contributed by atoms with Crippen LogP contribution in [-0.2, 0) is 20.9 Å². The second kappa shape index (κ2) is 6.39. The molecule has 1 fully saturated rings. The maximum absolute atomic E-state index is 12.0. The van der Waals surface area contributed by atoms with Crippen LogP contribution in [0.1, 0.15) is 18.9 Å². The number of nitrogens with zero attached hydrogens (tertiary/aromatic N) is 1. The van der Waals surface area contributed by atoms with Crippen molar-refractivity contribution in [3.63, 3.8) is 0 Å². The van der Waals surface area contributed by atoms with E-state index in [4.69, 9.17) is 5.11 Å². The summed E-state index contributed by atoms with van der Waals surface area (Å²) in [5, 5.41) is 11.2. The lowest BCUT2D eigenvalue weighted by Gasteiger charge is -2.17. The Balaban J connectivity index is 1.93. The Morgan fingerprint density at radius 3 is 2.67 bits per heavy atom. The molecule has 1 unspecified atom stereocenters. The molecule has 0 saturated carbocycles. The largest absolute Gasteiger partial charge is 0.480 e. The van der Waals surface area contributed by atoms with E-state index >= 15 is 0 Å². The van der Waals surface area contributed by atoms with Crippen molar-refractivity contribution >= 4 is 17.8 Å². The number of benzene rings is 1. The Bertz CT molecular complexity index is 544. The first-order valence-electron chi connectivity index (χ1n) is 6.82. The highest BCUT2D eigenvalue weighted by Crippen LogP contribution is 2.20. The minimum absolute atomic E-state index is 0.0815. The summed E-state index contributed by atoms with van der Waals surface area (Å²) in [6, 6.07) is 8.60. The van der Waals surface area contributed by atoms with Crippen molar-refractivity contribution in [3.8, 4) is 0 Å². The van der Waals surface area contributed by atoms with Gasteiger partial charge in [-0.2, -0.15) is 0 Å². The second-order valence-corrected chi connectivity index (χ2v) is 5.23. The predicted molar refractivity (Wildman–Crippen MR) is 75.2 cm³/mol. The van der Waals surface area contributed by atoms with Crippen LogP contribution in [0, 0.1) is 5.92 Å². The normalized spacial score (nSPS) is 19.4. The van der Waals surface area contributed by atoms with Gasteiger partial charge in [-0.05, 0) is 12.5 Å². The van der Waals surface area contributed by atoms with Crippen LogP contribution >= 0.6 is 0 Å². The topological polar surface area (TPSA) is 86.7 Å². The maximum Gasteiger partial charge on any atom is 0.325 e. The van der Waals surface area contributed by atoms with Crippen molar-refractivity contribution < 1.29 is 19.5 Å². The molecule has 1 saturated heterocycles. The van der Waals surface area contributed by atoms with Crippen molar-refractivity contribution in [1.82, 2.24) is 10.2 Å². The van der Waals surface area contributed by atoms with Crippen LogP contribution < -0.4 is 5.32 Å². The van der Waals surface area contributed by atoms with Gasteiger partial charge in [-0.1, -0.05) is 30.3 Å². The number of hydrogen-bond acceptors (Lipinski definition) is 3. The van der Waals surface area contributed by atoms with E-state index in [1.54, 1.807) is 4.90 Å². The van der Waals surface area contributed by atoms with Crippen molar-refractivity contribution in [2.45, 2.75) is 25.9 Å². The maximum atomic E-state index is 12.0. The molecule has 0 aliphatic carbocycles. The van der Waals surface area contributed by atoms with E-state index in [1.807, 2.05) is 30.3 Å². The lowest BCUT2D eigenvalue weighted by atomic mass is 10.1. The minimum atomic E-state index is -1.09. The molecule has 6 heteroatoms. The van der Waals surface area contributed by atoms with Gasteiger partial charge in [0.15, 0.2) is 0 Å². The SMILES string of the molecule is C[C@@H](NC(=O)C1CC(=O)N(Cc2ccccc2)C1)C(=O)O. The fraction of sp³-hybridized carbons (Fsp3) is 0.400. The standard InChI is InChI=1S/C15H18N2O4/c1-10(15(20)21)16-14(19)12-7-13(18)17(9-12)8-11-5-3-2-4-6-11/h2-6,10,12H,7-9H2,1H3,(H,16,19)(H,20,21)/t10-,12?/m1/s1. The molecular weight excluding hydrogens is 272 g/mol. The molecule has 2 amide bonds. The Morgan fingerprint density at radius 1 is 1.38 bits per heavy atom. The van der Waals surface area contributed by atoms with Gasteiger partial charge in [0.2, 0.25) is 11.8 Å². The first-order valence-corrected chi connectivity index (χ1v) is 6.82. The van der Waals surface area contributed by atoms with E-state index in [9.17, 15) is 14.4 Å². The lowest BCUT2D eigenvalue weighted by molar-refractivity contribution is -0.141. The average molecular weight is 290 g/mol. The molecule has 2 N–H and O–H groups in total. The monoisotopic (exact) mass is 290 g/mol. The molecule has 21 heavy (non-hydrogen) atoms. The van der Waals surface area contributed by atoms with E-state index in [-0.39, 0.29) is 18.2 Å². The summed E-state index contributed by atoms with van der Waals surface area (Å²) in [4.78, 5) is 36.3. The number of nitrogens with one attached hydrogen (secondary N) is 1. The molecular formula is C15H18N2O4. The van der Waals surface area contributed by atoms with E-state index in [0.29, 0.717) is 13.1 Å². The molecule has 1 aromatic carbocycles. The van der Waals surface area contributed by atoms with Crippen LogP contribution in [0.5, 0.6) is 0 Å². The van der Waals surface area contributed by atoms with Crippen molar-refractivity contribution in [3.05, 3.63) is 35.9 Å². The summed E-state index contributed by atoms with van der Waals surface area (Å²) in [7, 11) is 0. The van der Waals surface area contributed by atoms with Crippen LogP contribution in [0.3, 0.4) is 0 Å². The van der Waals surface area contributed by atoms with E-state index in [2.05, 4.69) is 5.32 Å². The molecule has 2 atom stereocenters. The highest BCUT2D eigenvalue weighted by molar-refractivity contribution is 5.91. The van der Waals surface area contributed by atoms with E-state index in [0.717, 1.165) is 5.56 Å². The van der Waals surface area contributed by atoms with E-state index in [1.165, 1.54) is 6.92 Å². The third kappa shape index (κ3) is 3.81. The summed E-state index contributed by atoms with van der Waals surface area (Å²) >= 11 is 0. The number of hydrogen-bond donors (Lipinski definition) is 2. The van der Waals surface area contributed by atoms with Gasteiger partial charge in [0, 0.05) is 19.5 Å². The zero-order chi connectivity index (χ0) is 15.4. The quantitative estimate of drug-likeness (QED) is 0.832. The lowest BCUT2D eigenvalue weighted by Crippen LogP contribution is -2.42. The van der Waals surface area contributed by atoms with Crippen molar-refractivity contribution in [2.24, 2.45) is 5.92 Å². The zero-order valence-electron chi connectivity index (χ0n) is 11.8. The number of aliphatic carboxylic acids is 1. The number of carbonyl (C=O) groups excluding carboxylic acids is 2. The summed E-state index contributed by atoms with van der Waals surface area (Å²) in [6.45, 7) is 2.20. The molecule has 112 valence electrons. The van der Waals surface area contributed by atoms with Crippen LogP contribution in [0.4, 0.5) is 0 Å². The highest BCUT2D eigenvalue weighted by Gasteiger charge is 2.35. The van der Waals surface area contributed by atoms with Gasteiger partial charge in [-0.3, -0.25) is 14.4 Å². The van der Waals surface area contributed by atoms with Crippen molar-refractivity contribution in [1.29, 1.82) is 0 Å². The second-order valence-electron chi connectivity index (χ2n) is 5.23. The Kier molecular flexibility index (Phi) is 4.57. The predicted octanol–water partition coefficient (Wildman–Crippen LogP) is 0.624. The summed E-state index contributed by atoms with van der Waals surface area (Å²) < 4.78 is 0. The average Bonchev–Trinajstić information content (AvgIpc) is 2.81. The van der Waals surface area contributed by atoms with Gasteiger partial charge >= 0.3 is 5.97 Å². The molecule has 0 radical (unpaired) electrons. The molecule has 1 aromatic rings. The molecule has 0 bridgehead atoms. The van der Waals surface area contributed by atoms with E-state index < -0.39 is 17.9 Å². The molecule has 1 aliphatic rings. The Labute approximate surface area is 122 Å². The summed E-state index contributed by atoms with van der Waals surface area (Å²) in [5.74, 6) is -2.03. The number of carboxylic acids is 1. The van der Waals surface area contributed by atoms with Gasteiger partial charge in [0.25, 0.3) is 0 Å². The van der Waals surface area contributed by atoms with Crippen LogP contribution in [0.2, 0.25) is 0 Å². The summed E-state index contributed by atoms with van der Waals surface area (Å²) in [6.07, 6.45) is 0.130. The molecule has 1 aliphatic heterocycles. The first kappa shape index (κ1) is 15.0. The molecule has 0 aromatic heterocycles. The minimum Gasteiger partial charge on any atom is -0.480 e. The van der Waals surface area contributed by atoms with Crippen LogP contribution in [0.15, 0.2) is 30.3 Å². The van der Waals surface area contributed by atoms with Crippen molar-refractivity contribution in [2.75, 3.05) is 6.54 Å². The number of amides is 2. The van der Waals surface area contributed by atoms with Crippen LogP contribution in [0.25, 0.3) is 0 Å². The van der Waals surface area contributed by atoms with Gasteiger partial charge in [-0.15, -0.1) is 0 Å². The fourth-order valence-corrected chi connectivity index (χ4v) is 2.30. The van der Waals surface area contributed by atoms with Crippen LogP contribution in [-0.4, -0.2) is 40.4 Å². The van der Waals surface area contributed by atoms with Gasteiger partial charge in [-0.25, -0.2) is 0 Å². The van der Waals surface area contributed by atoms with Gasteiger partial charge < -0.3 is 15.3 Å². The fourth-order valence-electron chi connectivity index (χ4n) is 2.30. The van der Waals surface area contributed by atoms with Gasteiger partial charge in [0.1, 0.15) is 6.04 Å². The highest BCUT2D eigenvalue weighted by atomic mass is 16.4. The first-order chi connectivity index (χ1) is 9.97. The molecule has 2 rings (SSSR count). The zero-order valence-corrected chi connectivity index (χ0v) is 11.8. The third-order valence-corrected chi connectivity index (χ3v) is 3.53. The van der Waals surface area contributed by atoms with Gasteiger partial charge in [0.05, 0.1) is 5.92 Å². The smallest absolute Gasteiger partial charge is 0.325 e. The molecule has 0 spiro atoms. The molecule has 6 nitrogen and oxygen atoms in total. The molecule has 1 heterocycles. The number of rotatable bonds is 5. The number of carbonyl (C=O) groups is 3.